The summed E-state index contributed by atoms with van der Waals surface area (Å²) in [6, 6.07) is 75.3. The van der Waals surface area contributed by atoms with Crippen molar-refractivity contribution in [3.8, 4) is 44.8 Å². The van der Waals surface area contributed by atoms with Crippen LogP contribution < -0.4 is 5.32 Å². The molecule has 0 spiro atoms. The maximum absolute atomic E-state index is 3.71. The summed E-state index contributed by atoms with van der Waals surface area (Å²) in [6.45, 7) is 4.72. The van der Waals surface area contributed by atoms with Crippen molar-refractivity contribution in [2.45, 2.75) is 19.3 Å². The van der Waals surface area contributed by atoms with Gasteiger partial charge in [-0.15, -0.1) is 0 Å². The van der Waals surface area contributed by atoms with E-state index in [4.69, 9.17) is 0 Å². The lowest BCUT2D eigenvalue weighted by atomic mass is 9.82. The molecule has 0 bridgehead atoms. The number of aromatic nitrogens is 2. The highest BCUT2D eigenvalue weighted by Gasteiger charge is 2.36. The van der Waals surface area contributed by atoms with Crippen LogP contribution in [0.25, 0.3) is 88.4 Å². The van der Waals surface area contributed by atoms with Gasteiger partial charge < -0.3 is 14.5 Å². The molecule has 284 valence electrons. The Bertz CT molecular complexity index is 3400. The Morgan fingerprint density at radius 1 is 0.333 bits per heavy atom. The number of nitrogens with one attached hydrogen (secondary N) is 1. The van der Waals surface area contributed by atoms with E-state index in [2.05, 4.69) is 235 Å². The molecule has 2 aromatic heterocycles. The summed E-state index contributed by atoms with van der Waals surface area (Å²) in [5.74, 6) is 0. The van der Waals surface area contributed by atoms with Crippen LogP contribution in [0.5, 0.6) is 0 Å². The molecule has 3 nitrogen and oxygen atoms in total. The Kier molecular flexibility index (Phi) is 7.58. The first-order valence-electron chi connectivity index (χ1n) is 20.8. The number of rotatable bonds is 6. The number of para-hydroxylation sites is 4. The van der Waals surface area contributed by atoms with Crippen molar-refractivity contribution in [2.24, 2.45) is 0 Å². The number of hydrogen-bond acceptors (Lipinski definition) is 1. The molecule has 1 aliphatic carbocycles. The van der Waals surface area contributed by atoms with Crippen LogP contribution in [0.15, 0.2) is 206 Å². The third-order valence-electron chi connectivity index (χ3n) is 12.9. The van der Waals surface area contributed by atoms with Crippen LogP contribution in [0.3, 0.4) is 0 Å². The van der Waals surface area contributed by atoms with E-state index in [0.717, 1.165) is 11.4 Å². The van der Waals surface area contributed by atoms with Crippen molar-refractivity contribution in [3.63, 3.8) is 0 Å². The Morgan fingerprint density at radius 2 is 0.783 bits per heavy atom. The van der Waals surface area contributed by atoms with Gasteiger partial charge in [-0.1, -0.05) is 141 Å². The van der Waals surface area contributed by atoms with E-state index in [1.807, 2.05) is 0 Å². The molecule has 0 atom stereocenters. The Labute approximate surface area is 349 Å². The fourth-order valence-electron chi connectivity index (χ4n) is 9.92. The third kappa shape index (κ3) is 5.29. The van der Waals surface area contributed by atoms with Gasteiger partial charge in [0.1, 0.15) is 0 Å². The summed E-state index contributed by atoms with van der Waals surface area (Å²) in [5, 5.41) is 8.81. The second kappa shape index (κ2) is 13.2. The molecule has 12 rings (SSSR count). The van der Waals surface area contributed by atoms with E-state index >= 15 is 0 Å². The summed E-state index contributed by atoms with van der Waals surface area (Å²) in [7, 11) is 0. The minimum Gasteiger partial charge on any atom is -0.356 e. The average molecular weight is 768 g/mol. The number of anilines is 2. The monoisotopic (exact) mass is 767 g/mol. The van der Waals surface area contributed by atoms with Crippen LogP contribution in [-0.2, 0) is 5.41 Å². The summed E-state index contributed by atoms with van der Waals surface area (Å²) in [6.07, 6.45) is 0. The zero-order valence-electron chi connectivity index (χ0n) is 33.5. The van der Waals surface area contributed by atoms with Gasteiger partial charge >= 0.3 is 0 Å². The highest BCUT2D eigenvalue weighted by atomic mass is 15.0. The van der Waals surface area contributed by atoms with E-state index in [1.54, 1.807) is 0 Å². The predicted molar refractivity (Wildman–Crippen MR) is 253 cm³/mol. The van der Waals surface area contributed by atoms with Crippen LogP contribution in [0.4, 0.5) is 11.4 Å². The highest BCUT2D eigenvalue weighted by molar-refractivity contribution is 6.11. The van der Waals surface area contributed by atoms with Crippen molar-refractivity contribution in [1.82, 2.24) is 9.13 Å². The Balaban J connectivity index is 0.796. The molecule has 0 fully saturated rings. The van der Waals surface area contributed by atoms with Gasteiger partial charge in [0.25, 0.3) is 0 Å². The molecule has 3 heteroatoms. The first kappa shape index (κ1) is 34.4. The van der Waals surface area contributed by atoms with Gasteiger partial charge in [0.05, 0.1) is 22.1 Å². The summed E-state index contributed by atoms with van der Waals surface area (Å²) in [4.78, 5) is 0. The smallest absolute Gasteiger partial charge is 0.0541 e. The molecule has 0 radical (unpaired) electrons. The van der Waals surface area contributed by atoms with Gasteiger partial charge in [-0.05, 0) is 123 Å². The second-order valence-electron chi connectivity index (χ2n) is 16.7. The van der Waals surface area contributed by atoms with Crippen LogP contribution >= 0.6 is 0 Å². The maximum Gasteiger partial charge on any atom is 0.0541 e. The molecule has 9 aromatic carbocycles. The lowest BCUT2D eigenvalue weighted by Gasteiger charge is -2.23. The molecule has 2 heterocycles. The van der Waals surface area contributed by atoms with E-state index in [9.17, 15) is 0 Å². The van der Waals surface area contributed by atoms with E-state index < -0.39 is 0 Å². The molecule has 0 aliphatic heterocycles. The fourth-order valence-corrected chi connectivity index (χ4v) is 9.92. The van der Waals surface area contributed by atoms with Gasteiger partial charge in [-0.2, -0.15) is 0 Å². The number of hydrogen-bond donors (Lipinski definition) is 1. The predicted octanol–water partition coefficient (Wildman–Crippen LogP) is 15.3. The van der Waals surface area contributed by atoms with Crippen molar-refractivity contribution >= 4 is 55.0 Å². The first-order chi connectivity index (χ1) is 29.5. The van der Waals surface area contributed by atoms with Crippen LogP contribution in [0, 0.1) is 0 Å². The van der Waals surface area contributed by atoms with Gasteiger partial charge in [-0.3, -0.25) is 0 Å². The molecule has 11 aromatic rings. The molecule has 60 heavy (non-hydrogen) atoms. The standard InChI is InChI=1S/C57H41N3/c1-57(2)51-35-42(29-31-45(51)46-32-30-44(36-52(46)57)60-53-17-9-6-14-47(53)48-15-7-10-18-54(48)60)58-41-27-24-38(25-28-41)37-20-22-39(23-21-37)40-26-33-56-50(34-40)49-16-8-11-19-55(49)59(56)43-12-4-3-5-13-43/h3-36,58H,1-2H3. The van der Waals surface area contributed by atoms with Crippen molar-refractivity contribution in [3.05, 3.63) is 217 Å². The largest absolute Gasteiger partial charge is 0.356 e. The maximum atomic E-state index is 3.71. The minimum absolute atomic E-state index is 0.153. The van der Waals surface area contributed by atoms with Crippen LogP contribution in [0.1, 0.15) is 25.0 Å². The van der Waals surface area contributed by atoms with Gasteiger partial charge in [0, 0.05) is 49.7 Å². The summed E-state index contributed by atoms with van der Waals surface area (Å²) in [5.41, 5.74) is 19.5. The molecule has 0 unspecified atom stereocenters. The van der Waals surface area contributed by atoms with E-state index in [-0.39, 0.29) is 5.41 Å². The topological polar surface area (TPSA) is 21.9 Å². The third-order valence-corrected chi connectivity index (χ3v) is 12.9. The quantitative estimate of drug-likeness (QED) is 0.179. The van der Waals surface area contributed by atoms with Crippen LogP contribution in [0.2, 0.25) is 0 Å². The summed E-state index contributed by atoms with van der Waals surface area (Å²) >= 11 is 0. The second-order valence-corrected chi connectivity index (χ2v) is 16.7. The van der Waals surface area contributed by atoms with E-state index in [1.165, 1.54) is 99.5 Å². The van der Waals surface area contributed by atoms with Gasteiger partial charge in [0.15, 0.2) is 0 Å². The zero-order valence-corrected chi connectivity index (χ0v) is 33.5. The van der Waals surface area contributed by atoms with Crippen molar-refractivity contribution in [2.75, 3.05) is 5.32 Å². The van der Waals surface area contributed by atoms with Gasteiger partial charge in [0.2, 0.25) is 0 Å². The first-order valence-corrected chi connectivity index (χ1v) is 20.8. The Morgan fingerprint density at radius 3 is 1.42 bits per heavy atom. The number of nitrogens with zero attached hydrogens (tertiary/aromatic N) is 2. The van der Waals surface area contributed by atoms with Crippen LogP contribution in [-0.4, -0.2) is 9.13 Å². The Hall–Kier alpha value is -7.62. The molecule has 1 aliphatic rings. The minimum atomic E-state index is -0.153. The summed E-state index contributed by atoms with van der Waals surface area (Å²) < 4.78 is 4.78. The average Bonchev–Trinajstić information content (AvgIpc) is 3.89. The SMILES string of the molecule is CC1(C)c2cc(Nc3ccc(-c4ccc(-c5ccc6c(c5)c5ccccc5n6-c5ccccc5)cc4)cc3)ccc2-c2ccc(-n3c4ccccc4c4ccccc43)cc21. The number of benzene rings is 9. The van der Waals surface area contributed by atoms with Crippen molar-refractivity contribution < 1.29 is 0 Å². The van der Waals surface area contributed by atoms with Crippen molar-refractivity contribution in [1.29, 1.82) is 0 Å². The normalized spacial score (nSPS) is 13.0. The molecule has 0 amide bonds. The lowest BCUT2D eigenvalue weighted by molar-refractivity contribution is 0.660. The van der Waals surface area contributed by atoms with E-state index in [0.29, 0.717) is 0 Å². The molecular weight excluding hydrogens is 727 g/mol. The highest BCUT2D eigenvalue weighted by Crippen LogP contribution is 2.50. The molecule has 1 N–H and O–H groups in total. The van der Waals surface area contributed by atoms with Gasteiger partial charge in [-0.25, -0.2) is 0 Å². The lowest BCUT2D eigenvalue weighted by Crippen LogP contribution is -2.15. The fraction of sp³-hybridized carbons (Fsp3) is 0.0526. The molecule has 0 saturated carbocycles. The zero-order chi connectivity index (χ0) is 40.0. The molecule has 0 saturated heterocycles. The number of fused-ring (bicyclic) bond motifs is 9. The molecular formula is C57H41N3.